The van der Waals surface area contributed by atoms with Gasteiger partial charge < -0.3 is 15.0 Å². The molecule has 0 spiro atoms. The minimum atomic E-state index is -0.289. The number of carbonyl (C=O) groups excluding carboxylic acids is 2. The van der Waals surface area contributed by atoms with Crippen LogP contribution >= 0.6 is 11.6 Å². The molecular weight excluding hydrogens is 340 g/mol. The average molecular weight is 361 g/mol. The van der Waals surface area contributed by atoms with E-state index in [0.29, 0.717) is 28.4 Å². The molecule has 0 aromatic heterocycles. The van der Waals surface area contributed by atoms with Crippen LogP contribution in [-0.2, 0) is 4.79 Å². The first-order chi connectivity index (χ1) is 11.9. The molecule has 0 aliphatic rings. The minimum Gasteiger partial charge on any atom is -0.484 e. The number of nitrogens with zero attached hydrogens (tertiary/aromatic N) is 1. The lowest BCUT2D eigenvalue weighted by molar-refractivity contribution is -0.118. The van der Waals surface area contributed by atoms with Gasteiger partial charge in [0.2, 0.25) is 0 Å². The maximum absolute atomic E-state index is 12.0. The first kappa shape index (κ1) is 18.8. The lowest BCUT2D eigenvalue weighted by Gasteiger charge is -2.15. The van der Waals surface area contributed by atoms with Crippen molar-refractivity contribution in [3.8, 4) is 5.75 Å². The molecule has 0 atom stereocenters. The zero-order valence-electron chi connectivity index (χ0n) is 14.5. The van der Waals surface area contributed by atoms with Crippen molar-refractivity contribution in [2.45, 2.75) is 13.3 Å². The summed E-state index contributed by atoms with van der Waals surface area (Å²) in [6.07, 6.45) is 0.456. The van der Waals surface area contributed by atoms with Gasteiger partial charge >= 0.3 is 0 Å². The van der Waals surface area contributed by atoms with E-state index in [4.69, 9.17) is 16.3 Å². The maximum Gasteiger partial charge on any atom is 0.262 e. The first-order valence-corrected chi connectivity index (χ1v) is 8.31. The third-order valence-electron chi connectivity index (χ3n) is 3.58. The number of carbonyl (C=O) groups is 2. The molecule has 0 aliphatic carbocycles. The monoisotopic (exact) mass is 360 g/mol. The molecule has 0 unspecified atom stereocenters. The van der Waals surface area contributed by atoms with Gasteiger partial charge in [-0.15, -0.1) is 0 Å². The Labute approximate surface area is 152 Å². The summed E-state index contributed by atoms with van der Waals surface area (Å²) in [5, 5.41) is 3.29. The summed E-state index contributed by atoms with van der Waals surface area (Å²) in [6, 6.07) is 12.1. The Morgan fingerprint density at radius 2 is 1.80 bits per heavy atom. The lowest BCUT2D eigenvalue weighted by atomic mass is 10.1. The molecule has 0 radical (unpaired) electrons. The van der Waals surface area contributed by atoms with Crippen molar-refractivity contribution in [1.82, 2.24) is 0 Å². The number of amides is 1. The Kier molecular flexibility index (Phi) is 6.42. The first-order valence-electron chi connectivity index (χ1n) is 7.93. The molecule has 1 amide bonds. The van der Waals surface area contributed by atoms with Crippen LogP contribution in [0.15, 0.2) is 42.5 Å². The van der Waals surface area contributed by atoms with Crippen molar-refractivity contribution in [3.05, 3.63) is 53.1 Å². The summed E-state index contributed by atoms with van der Waals surface area (Å²) in [5.41, 5.74) is 2.11. The summed E-state index contributed by atoms with van der Waals surface area (Å²) in [4.78, 5) is 25.5. The number of ether oxygens (including phenoxy) is 1. The normalized spacial score (nSPS) is 10.2. The topological polar surface area (TPSA) is 58.6 Å². The second-order valence-corrected chi connectivity index (χ2v) is 6.11. The molecule has 0 aliphatic heterocycles. The van der Waals surface area contributed by atoms with Gasteiger partial charge in [-0.25, -0.2) is 0 Å². The molecule has 2 aromatic carbocycles. The van der Waals surface area contributed by atoms with Crippen molar-refractivity contribution in [3.63, 3.8) is 0 Å². The fourth-order valence-corrected chi connectivity index (χ4v) is 2.58. The molecule has 132 valence electrons. The summed E-state index contributed by atoms with van der Waals surface area (Å²) in [7, 11) is 3.79. The number of hydrogen-bond acceptors (Lipinski definition) is 4. The molecule has 2 rings (SSSR count). The molecule has 6 heteroatoms. The van der Waals surface area contributed by atoms with E-state index in [9.17, 15) is 9.59 Å². The van der Waals surface area contributed by atoms with Crippen LogP contribution in [0, 0.1) is 0 Å². The fourth-order valence-electron chi connectivity index (χ4n) is 2.23. The fraction of sp³-hybridized carbons (Fsp3) is 0.263. The Morgan fingerprint density at radius 3 is 2.36 bits per heavy atom. The average Bonchev–Trinajstić information content (AvgIpc) is 2.59. The number of benzene rings is 2. The smallest absolute Gasteiger partial charge is 0.262 e. The SMILES string of the molecule is CCC(=O)c1ccc(OCC(=O)Nc2ccc(N(C)C)c(Cl)c2)cc1. The molecule has 0 saturated heterocycles. The molecule has 2 aromatic rings. The maximum atomic E-state index is 12.0. The van der Waals surface area contributed by atoms with E-state index < -0.39 is 0 Å². The summed E-state index contributed by atoms with van der Waals surface area (Å²) < 4.78 is 5.44. The number of ketones is 1. The number of hydrogen-bond donors (Lipinski definition) is 1. The number of rotatable bonds is 7. The third kappa shape index (κ3) is 5.22. The van der Waals surface area contributed by atoms with Gasteiger partial charge in [-0.05, 0) is 42.5 Å². The van der Waals surface area contributed by atoms with Crippen molar-refractivity contribution in [2.75, 3.05) is 30.9 Å². The highest BCUT2D eigenvalue weighted by molar-refractivity contribution is 6.33. The van der Waals surface area contributed by atoms with Crippen LogP contribution in [0.1, 0.15) is 23.7 Å². The van der Waals surface area contributed by atoms with Crippen LogP contribution in [0.2, 0.25) is 5.02 Å². The van der Waals surface area contributed by atoms with Crippen LogP contribution in [0.3, 0.4) is 0 Å². The van der Waals surface area contributed by atoms with Crippen LogP contribution in [0.25, 0.3) is 0 Å². The van der Waals surface area contributed by atoms with Gasteiger partial charge in [0.05, 0.1) is 10.7 Å². The largest absolute Gasteiger partial charge is 0.484 e. The number of halogens is 1. The van der Waals surface area contributed by atoms with Crippen LogP contribution in [-0.4, -0.2) is 32.4 Å². The molecule has 25 heavy (non-hydrogen) atoms. The lowest BCUT2D eigenvalue weighted by Crippen LogP contribution is -2.20. The van der Waals surface area contributed by atoms with Crippen molar-refractivity contribution in [1.29, 1.82) is 0 Å². The van der Waals surface area contributed by atoms with Crippen LogP contribution < -0.4 is 15.0 Å². The van der Waals surface area contributed by atoms with Crippen molar-refractivity contribution in [2.24, 2.45) is 0 Å². The highest BCUT2D eigenvalue weighted by Gasteiger charge is 2.08. The highest BCUT2D eigenvalue weighted by Crippen LogP contribution is 2.27. The summed E-state index contributed by atoms with van der Waals surface area (Å²) in [6.45, 7) is 1.68. The molecule has 0 heterocycles. The van der Waals surface area contributed by atoms with E-state index >= 15 is 0 Å². The Bertz CT molecular complexity index is 758. The quantitative estimate of drug-likeness (QED) is 0.758. The number of nitrogens with one attached hydrogen (secondary N) is 1. The van der Waals surface area contributed by atoms with Gasteiger partial charge in [-0.2, -0.15) is 0 Å². The van der Waals surface area contributed by atoms with Crippen molar-refractivity contribution < 1.29 is 14.3 Å². The van der Waals surface area contributed by atoms with Gasteiger partial charge in [0.25, 0.3) is 5.91 Å². The van der Waals surface area contributed by atoms with Gasteiger partial charge in [0, 0.05) is 31.8 Å². The van der Waals surface area contributed by atoms with Gasteiger partial charge in [-0.1, -0.05) is 18.5 Å². The molecular formula is C19H21ClN2O3. The van der Waals surface area contributed by atoms with E-state index in [1.54, 1.807) is 36.4 Å². The molecule has 5 nitrogen and oxygen atoms in total. The van der Waals surface area contributed by atoms with E-state index in [1.807, 2.05) is 32.0 Å². The molecule has 0 saturated carbocycles. The third-order valence-corrected chi connectivity index (χ3v) is 3.88. The second-order valence-electron chi connectivity index (χ2n) is 5.70. The highest BCUT2D eigenvalue weighted by atomic mass is 35.5. The summed E-state index contributed by atoms with van der Waals surface area (Å²) in [5.74, 6) is 0.313. The standard InChI is InChI=1S/C19H21ClN2O3/c1-4-18(23)13-5-8-15(9-6-13)25-12-19(24)21-14-7-10-17(22(2)3)16(20)11-14/h5-11H,4,12H2,1-3H3,(H,21,24). The molecule has 1 N–H and O–H groups in total. The van der Waals surface area contributed by atoms with E-state index in [1.165, 1.54) is 0 Å². The van der Waals surface area contributed by atoms with Crippen molar-refractivity contribution >= 4 is 34.7 Å². The predicted molar refractivity (Wildman–Crippen MR) is 101 cm³/mol. The Balaban J connectivity index is 1.90. The zero-order chi connectivity index (χ0) is 18.4. The van der Waals surface area contributed by atoms with Gasteiger partial charge in [0.15, 0.2) is 12.4 Å². The second kappa shape index (κ2) is 8.53. The molecule has 0 bridgehead atoms. The predicted octanol–water partition coefficient (Wildman–Crippen LogP) is 4.02. The number of Topliss-reactive ketones (excluding diaryl/α,β-unsaturated/α-hetero) is 1. The zero-order valence-corrected chi connectivity index (χ0v) is 15.3. The Hall–Kier alpha value is -2.53. The molecule has 0 fully saturated rings. The Morgan fingerprint density at radius 1 is 1.12 bits per heavy atom. The van der Waals surface area contributed by atoms with E-state index in [0.717, 1.165) is 5.69 Å². The number of anilines is 2. The van der Waals surface area contributed by atoms with E-state index in [2.05, 4.69) is 5.32 Å². The van der Waals surface area contributed by atoms with E-state index in [-0.39, 0.29) is 18.3 Å². The van der Waals surface area contributed by atoms with Crippen LogP contribution in [0.5, 0.6) is 5.75 Å². The van der Waals surface area contributed by atoms with Gasteiger partial charge in [0.1, 0.15) is 5.75 Å². The summed E-state index contributed by atoms with van der Waals surface area (Å²) >= 11 is 6.18. The van der Waals surface area contributed by atoms with Crippen LogP contribution in [0.4, 0.5) is 11.4 Å². The minimum absolute atomic E-state index is 0.0716. The van der Waals surface area contributed by atoms with Gasteiger partial charge in [-0.3, -0.25) is 9.59 Å².